The molecule has 1 aromatic rings. The molecule has 0 saturated carbocycles. The zero-order valence-corrected chi connectivity index (χ0v) is 9.26. The van der Waals surface area contributed by atoms with Gasteiger partial charge in [-0.2, -0.15) is 4.98 Å². The van der Waals surface area contributed by atoms with E-state index in [0.717, 1.165) is 0 Å². The van der Waals surface area contributed by atoms with Crippen LogP contribution in [0.5, 0.6) is 0 Å². The third kappa shape index (κ3) is 4.23. The van der Waals surface area contributed by atoms with E-state index in [1.165, 1.54) is 0 Å². The number of aromatic nitrogens is 2. The van der Waals surface area contributed by atoms with Crippen molar-refractivity contribution in [3.8, 4) is 0 Å². The summed E-state index contributed by atoms with van der Waals surface area (Å²) in [5.74, 6) is 0.648. The third-order valence-corrected chi connectivity index (χ3v) is 1.89. The average Bonchev–Trinajstić information content (AvgIpc) is 2.76. The van der Waals surface area contributed by atoms with Crippen LogP contribution in [0.25, 0.3) is 0 Å². The van der Waals surface area contributed by atoms with Gasteiger partial charge in [-0.05, 0) is 0 Å². The Labute approximate surface area is 93.5 Å². The van der Waals surface area contributed by atoms with Gasteiger partial charge in [0.1, 0.15) is 6.10 Å². The molecule has 0 saturated heterocycles. The van der Waals surface area contributed by atoms with Crippen molar-refractivity contribution in [2.75, 3.05) is 33.5 Å². The van der Waals surface area contributed by atoms with Crippen molar-refractivity contribution in [2.24, 2.45) is 5.73 Å². The zero-order valence-electron chi connectivity index (χ0n) is 9.26. The Morgan fingerprint density at radius 3 is 2.94 bits per heavy atom. The normalized spacial score (nSPS) is 12.9. The molecule has 0 aromatic carbocycles. The number of rotatable bonds is 8. The lowest BCUT2D eigenvalue weighted by atomic mass is 10.3. The van der Waals surface area contributed by atoms with Crippen LogP contribution in [0.1, 0.15) is 17.8 Å². The molecule has 1 rings (SSSR count). The Balaban J connectivity index is 2.24. The van der Waals surface area contributed by atoms with Gasteiger partial charge in [-0.1, -0.05) is 5.16 Å². The summed E-state index contributed by atoms with van der Waals surface area (Å²) in [7, 11) is 1.61. The first-order valence-electron chi connectivity index (χ1n) is 5.05. The highest BCUT2D eigenvalue weighted by molar-refractivity contribution is 4.90. The fourth-order valence-electron chi connectivity index (χ4n) is 1.01. The SMILES string of the molecule is COCCOCCc1noc([C@@H](O)CN)n1. The Morgan fingerprint density at radius 2 is 2.25 bits per heavy atom. The van der Waals surface area contributed by atoms with E-state index in [9.17, 15) is 5.11 Å². The summed E-state index contributed by atoms with van der Waals surface area (Å²) in [5, 5.41) is 13.0. The predicted molar refractivity (Wildman–Crippen MR) is 54.7 cm³/mol. The standard InChI is InChI=1S/C9H17N3O4/c1-14-4-5-15-3-2-8-11-9(16-12-8)7(13)6-10/h7,13H,2-6,10H2,1H3/t7-/m0/s1. The van der Waals surface area contributed by atoms with Crippen molar-refractivity contribution < 1.29 is 19.1 Å². The third-order valence-electron chi connectivity index (χ3n) is 1.89. The molecule has 3 N–H and O–H groups in total. The fraction of sp³-hybridized carbons (Fsp3) is 0.778. The minimum atomic E-state index is -0.893. The van der Waals surface area contributed by atoms with E-state index in [2.05, 4.69) is 10.1 Å². The Bertz CT molecular complexity index is 292. The topological polar surface area (TPSA) is 104 Å². The zero-order chi connectivity index (χ0) is 11.8. The van der Waals surface area contributed by atoms with Gasteiger partial charge < -0.3 is 24.8 Å². The minimum absolute atomic E-state index is 0.0615. The summed E-state index contributed by atoms with van der Waals surface area (Å²) in [6.45, 7) is 1.64. The molecule has 0 amide bonds. The molecule has 1 heterocycles. The first kappa shape index (κ1) is 13.0. The van der Waals surface area contributed by atoms with Crippen molar-refractivity contribution in [1.82, 2.24) is 10.1 Å². The Kier molecular flexibility index (Phi) is 5.94. The molecule has 16 heavy (non-hydrogen) atoms. The van der Waals surface area contributed by atoms with Gasteiger partial charge in [0.2, 0.25) is 0 Å². The number of aliphatic hydroxyl groups is 1. The monoisotopic (exact) mass is 231 g/mol. The lowest BCUT2D eigenvalue weighted by Crippen LogP contribution is -2.12. The van der Waals surface area contributed by atoms with Gasteiger partial charge in [0.15, 0.2) is 5.82 Å². The van der Waals surface area contributed by atoms with E-state index in [-0.39, 0.29) is 12.4 Å². The second-order valence-electron chi connectivity index (χ2n) is 3.16. The van der Waals surface area contributed by atoms with Gasteiger partial charge in [0.05, 0.1) is 19.8 Å². The molecule has 0 aliphatic heterocycles. The fourth-order valence-corrected chi connectivity index (χ4v) is 1.01. The van der Waals surface area contributed by atoms with Crippen molar-refractivity contribution in [3.05, 3.63) is 11.7 Å². The smallest absolute Gasteiger partial charge is 0.256 e. The van der Waals surface area contributed by atoms with Crippen molar-refractivity contribution >= 4 is 0 Å². The summed E-state index contributed by atoms with van der Waals surface area (Å²) >= 11 is 0. The number of ether oxygens (including phenoxy) is 2. The molecule has 0 fully saturated rings. The number of nitrogens with two attached hydrogens (primary N) is 1. The van der Waals surface area contributed by atoms with E-state index in [0.29, 0.717) is 32.1 Å². The second kappa shape index (κ2) is 7.29. The molecule has 1 aromatic heterocycles. The van der Waals surface area contributed by atoms with E-state index in [1.54, 1.807) is 7.11 Å². The van der Waals surface area contributed by atoms with Gasteiger partial charge in [-0.15, -0.1) is 0 Å². The van der Waals surface area contributed by atoms with E-state index >= 15 is 0 Å². The maximum atomic E-state index is 9.32. The van der Waals surface area contributed by atoms with Gasteiger partial charge in [0, 0.05) is 20.1 Å². The van der Waals surface area contributed by atoms with Gasteiger partial charge in [0.25, 0.3) is 5.89 Å². The summed E-state index contributed by atoms with van der Waals surface area (Å²) in [5.41, 5.74) is 5.25. The summed E-state index contributed by atoms with van der Waals surface area (Å²) in [6, 6.07) is 0. The highest BCUT2D eigenvalue weighted by atomic mass is 16.5. The van der Waals surface area contributed by atoms with Crippen LogP contribution in [0, 0.1) is 0 Å². The summed E-state index contributed by atoms with van der Waals surface area (Å²) in [6.07, 6.45) is -0.361. The van der Waals surface area contributed by atoms with Crippen LogP contribution in [0.2, 0.25) is 0 Å². The van der Waals surface area contributed by atoms with Crippen LogP contribution in [0.4, 0.5) is 0 Å². The molecule has 0 spiro atoms. The Morgan fingerprint density at radius 1 is 1.44 bits per heavy atom. The molecule has 7 heteroatoms. The summed E-state index contributed by atoms with van der Waals surface area (Å²) < 4.78 is 14.9. The minimum Gasteiger partial charge on any atom is -0.382 e. The van der Waals surface area contributed by atoms with Gasteiger partial charge in [-0.25, -0.2) is 0 Å². The molecule has 0 bridgehead atoms. The molecule has 7 nitrogen and oxygen atoms in total. The first-order chi connectivity index (χ1) is 7.77. The van der Waals surface area contributed by atoms with Crippen molar-refractivity contribution in [3.63, 3.8) is 0 Å². The van der Waals surface area contributed by atoms with Crippen LogP contribution in [0.3, 0.4) is 0 Å². The van der Waals surface area contributed by atoms with E-state index in [1.807, 2.05) is 0 Å². The lowest BCUT2D eigenvalue weighted by molar-refractivity contribution is 0.0714. The highest BCUT2D eigenvalue weighted by Crippen LogP contribution is 2.08. The van der Waals surface area contributed by atoms with Gasteiger partial charge in [-0.3, -0.25) is 0 Å². The molecule has 0 aliphatic rings. The quantitative estimate of drug-likeness (QED) is 0.568. The number of hydrogen-bond donors (Lipinski definition) is 2. The van der Waals surface area contributed by atoms with Gasteiger partial charge >= 0.3 is 0 Å². The number of hydrogen-bond acceptors (Lipinski definition) is 7. The molecule has 0 radical (unpaired) electrons. The predicted octanol–water partition coefficient (Wildman–Crippen LogP) is -0.733. The molecule has 0 unspecified atom stereocenters. The van der Waals surface area contributed by atoms with Crippen molar-refractivity contribution in [2.45, 2.75) is 12.5 Å². The van der Waals surface area contributed by atoms with E-state index < -0.39 is 6.10 Å². The average molecular weight is 231 g/mol. The molecule has 1 atom stereocenters. The number of nitrogens with zero attached hydrogens (tertiary/aromatic N) is 2. The van der Waals surface area contributed by atoms with Crippen molar-refractivity contribution in [1.29, 1.82) is 0 Å². The maximum absolute atomic E-state index is 9.32. The maximum Gasteiger partial charge on any atom is 0.256 e. The molecule has 92 valence electrons. The molecule has 0 aliphatic carbocycles. The molecular weight excluding hydrogens is 214 g/mol. The second-order valence-corrected chi connectivity index (χ2v) is 3.16. The van der Waals surface area contributed by atoms with E-state index in [4.69, 9.17) is 19.7 Å². The number of aliphatic hydroxyl groups excluding tert-OH is 1. The summed E-state index contributed by atoms with van der Waals surface area (Å²) in [4.78, 5) is 3.98. The largest absolute Gasteiger partial charge is 0.382 e. The van der Waals surface area contributed by atoms with Crippen LogP contribution in [-0.4, -0.2) is 48.7 Å². The van der Waals surface area contributed by atoms with Crippen LogP contribution in [-0.2, 0) is 15.9 Å². The van der Waals surface area contributed by atoms with Crippen LogP contribution in [0.15, 0.2) is 4.52 Å². The van der Waals surface area contributed by atoms with Crippen LogP contribution < -0.4 is 5.73 Å². The van der Waals surface area contributed by atoms with Crippen LogP contribution >= 0.6 is 0 Å². The number of methoxy groups -OCH3 is 1. The lowest BCUT2D eigenvalue weighted by Gasteiger charge is -2.00. The molecular formula is C9H17N3O4. The highest BCUT2D eigenvalue weighted by Gasteiger charge is 2.13. The Hall–Kier alpha value is -1.02. The first-order valence-corrected chi connectivity index (χ1v) is 5.05.